The monoisotopic (exact) mass is 298 g/mol. The van der Waals surface area contributed by atoms with Gasteiger partial charge in [-0.3, -0.25) is 4.79 Å². The second-order valence-corrected chi connectivity index (χ2v) is 5.59. The highest BCUT2D eigenvalue weighted by molar-refractivity contribution is 7.07. The summed E-state index contributed by atoms with van der Waals surface area (Å²) in [6.45, 7) is 1.78. The van der Waals surface area contributed by atoms with Crippen LogP contribution in [-0.4, -0.2) is 59.8 Å². The van der Waals surface area contributed by atoms with Crippen molar-refractivity contribution in [3.05, 3.63) is 22.4 Å². The van der Waals surface area contributed by atoms with Crippen LogP contribution in [-0.2, 0) is 16.1 Å². The van der Waals surface area contributed by atoms with Gasteiger partial charge in [-0.25, -0.2) is 4.79 Å². The highest BCUT2D eigenvalue weighted by Crippen LogP contribution is 2.13. The Kier molecular flexibility index (Phi) is 4.97. The lowest BCUT2D eigenvalue weighted by atomic mass is 10.2. The van der Waals surface area contributed by atoms with E-state index >= 15 is 0 Å². The number of aliphatic carboxylic acids is 1. The third-order valence-electron chi connectivity index (χ3n) is 3.14. The van der Waals surface area contributed by atoms with Gasteiger partial charge in [-0.05, 0) is 22.4 Å². The first-order chi connectivity index (χ1) is 9.56. The van der Waals surface area contributed by atoms with Crippen molar-refractivity contribution in [3.8, 4) is 0 Å². The van der Waals surface area contributed by atoms with Crippen LogP contribution in [0.2, 0.25) is 0 Å². The minimum absolute atomic E-state index is 0.0714. The second kappa shape index (κ2) is 6.71. The molecule has 0 bridgehead atoms. The van der Waals surface area contributed by atoms with Gasteiger partial charge in [0.15, 0.2) is 0 Å². The van der Waals surface area contributed by atoms with Crippen LogP contribution in [0, 0.1) is 0 Å². The molecule has 1 aliphatic rings. The Morgan fingerprint density at radius 3 is 3.05 bits per heavy atom. The Balaban J connectivity index is 1.89. The van der Waals surface area contributed by atoms with Crippen molar-refractivity contribution in [3.63, 3.8) is 0 Å². The quantitative estimate of drug-likeness (QED) is 0.914. The number of thiophene rings is 1. The first-order valence-corrected chi connectivity index (χ1v) is 7.35. The summed E-state index contributed by atoms with van der Waals surface area (Å²) in [5, 5.41) is 12.8. The number of nitrogens with zero attached hydrogens (tertiary/aromatic N) is 2. The lowest BCUT2D eigenvalue weighted by Crippen LogP contribution is -2.50. The highest BCUT2D eigenvalue weighted by Gasteiger charge is 2.27. The van der Waals surface area contributed by atoms with Gasteiger partial charge >= 0.3 is 12.0 Å². The number of carbonyl (C=O) groups excluding carboxylic acids is 1. The number of amides is 2. The lowest BCUT2D eigenvalue weighted by Gasteiger charge is -2.34. The van der Waals surface area contributed by atoms with Gasteiger partial charge in [0.05, 0.1) is 19.1 Å². The van der Waals surface area contributed by atoms with Gasteiger partial charge in [0.25, 0.3) is 0 Å². The lowest BCUT2D eigenvalue weighted by molar-refractivity contribution is -0.141. The van der Waals surface area contributed by atoms with Crippen LogP contribution in [0.5, 0.6) is 0 Å². The van der Waals surface area contributed by atoms with E-state index < -0.39 is 12.1 Å². The number of urea groups is 1. The maximum absolute atomic E-state index is 12.3. The molecule has 0 spiro atoms. The molecule has 1 saturated heterocycles. The first kappa shape index (κ1) is 14.8. The molecule has 1 atom stereocenters. The molecule has 6 nitrogen and oxygen atoms in total. The zero-order valence-electron chi connectivity index (χ0n) is 11.3. The second-order valence-electron chi connectivity index (χ2n) is 4.81. The molecule has 1 fully saturated rings. The van der Waals surface area contributed by atoms with Crippen LogP contribution >= 0.6 is 11.3 Å². The molecule has 1 N–H and O–H groups in total. The van der Waals surface area contributed by atoms with Gasteiger partial charge in [0.2, 0.25) is 0 Å². The number of hydrogen-bond acceptors (Lipinski definition) is 4. The fraction of sp³-hybridized carbons (Fsp3) is 0.538. The smallest absolute Gasteiger partial charge is 0.320 e. The van der Waals surface area contributed by atoms with Gasteiger partial charge in [0, 0.05) is 26.7 Å². The molecular weight excluding hydrogens is 280 g/mol. The minimum atomic E-state index is -0.907. The van der Waals surface area contributed by atoms with Crippen LogP contribution < -0.4 is 0 Å². The van der Waals surface area contributed by atoms with Gasteiger partial charge in [-0.1, -0.05) is 0 Å². The fourth-order valence-electron chi connectivity index (χ4n) is 2.18. The van der Waals surface area contributed by atoms with E-state index in [-0.39, 0.29) is 12.5 Å². The molecule has 0 aliphatic carbocycles. The molecule has 0 radical (unpaired) electrons. The molecule has 0 aromatic carbocycles. The zero-order chi connectivity index (χ0) is 14.5. The number of carboxylic acids is 1. The summed E-state index contributed by atoms with van der Waals surface area (Å²) < 4.78 is 5.36. The third-order valence-corrected chi connectivity index (χ3v) is 3.87. The van der Waals surface area contributed by atoms with Gasteiger partial charge < -0.3 is 19.6 Å². The van der Waals surface area contributed by atoms with E-state index in [1.807, 2.05) is 16.8 Å². The van der Waals surface area contributed by atoms with Crippen molar-refractivity contribution < 1.29 is 19.4 Å². The van der Waals surface area contributed by atoms with E-state index in [9.17, 15) is 9.59 Å². The summed E-state index contributed by atoms with van der Waals surface area (Å²) in [4.78, 5) is 26.3. The largest absolute Gasteiger partial charge is 0.481 e. The number of carbonyl (C=O) groups is 2. The van der Waals surface area contributed by atoms with Crippen LogP contribution in [0.1, 0.15) is 12.0 Å². The highest BCUT2D eigenvalue weighted by atomic mass is 32.1. The number of carboxylic acid groups (broad SMARTS) is 1. The third kappa shape index (κ3) is 3.94. The van der Waals surface area contributed by atoms with Crippen molar-refractivity contribution in [1.29, 1.82) is 0 Å². The Bertz CT molecular complexity index is 463. The summed E-state index contributed by atoms with van der Waals surface area (Å²) in [6.07, 6.45) is -0.488. The Morgan fingerprint density at radius 1 is 1.60 bits per heavy atom. The van der Waals surface area contributed by atoms with Crippen molar-refractivity contribution in [2.75, 3.05) is 26.7 Å². The molecule has 2 amide bonds. The SMILES string of the molecule is CN(Cc1ccsc1)C(=O)N1CCOC(CC(=O)O)C1. The van der Waals surface area contributed by atoms with E-state index in [2.05, 4.69) is 0 Å². The van der Waals surface area contributed by atoms with E-state index in [1.54, 1.807) is 28.2 Å². The number of hydrogen-bond donors (Lipinski definition) is 1. The minimum Gasteiger partial charge on any atom is -0.481 e. The number of ether oxygens (including phenoxy) is 1. The van der Waals surface area contributed by atoms with E-state index in [1.165, 1.54) is 0 Å². The average Bonchev–Trinajstić information content (AvgIpc) is 2.90. The molecule has 7 heteroatoms. The topological polar surface area (TPSA) is 70.1 Å². The van der Waals surface area contributed by atoms with Gasteiger partial charge in [0.1, 0.15) is 0 Å². The molecule has 2 rings (SSSR count). The molecule has 110 valence electrons. The summed E-state index contributed by atoms with van der Waals surface area (Å²) in [5.41, 5.74) is 1.10. The van der Waals surface area contributed by atoms with Crippen LogP contribution in [0.4, 0.5) is 4.79 Å². The van der Waals surface area contributed by atoms with Crippen molar-refractivity contribution in [2.24, 2.45) is 0 Å². The van der Waals surface area contributed by atoms with Crippen molar-refractivity contribution in [2.45, 2.75) is 19.1 Å². The Labute approximate surface area is 121 Å². The fourth-order valence-corrected chi connectivity index (χ4v) is 2.84. The van der Waals surface area contributed by atoms with E-state index in [0.29, 0.717) is 26.2 Å². The molecule has 1 aliphatic heterocycles. The van der Waals surface area contributed by atoms with Crippen molar-refractivity contribution >= 4 is 23.3 Å². The predicted molar refractivity (Wildman–Crippen MR) is 74.7 cm³/mol. The van der Waals surface area contributed by atoms with Crippen LogP contribution in [0.3, 0.4) is 0 Å². The maximum atomic E-state index is 12.3. The molecule has 1 unspecified atom stereocenters. The van der Waals surface area contributed by atoms with Gasteiger partial charge in [-0.2, -0.15) is 11.3 Å². The molecular formula is C13H18N2O4S. The predicted octanol–water partition coefficient (Wildman–Crippen LogP) is 1.48. The van der Waals surface area contributed by atoms with Crippen molar-refractivity contribution in [1.82, 2.24) is 9.80 Å². The van der Waals surface area contributed by atoms with Crippen LogP contribution in [0.25, 0.3) is 0 Å². The summed E-state index contributed by atoms with van der Waals surface area (Å²) in [5.74, 6) is -0.907. The zero-order valence-corrected chi connectivity index (χ0v) is 12.1. The van der Waals surface area contributed by atoms with E-state index in [0.717, 1.165) is 5.56 Å². The summed E-state index contributed by atoms with van der Waals surface area (Å²) >= 11 is 1.60. The Morgan fingerprint density at radius 2 is 2.40 bits per heavy atom. The van der Waals surface area contributed by atoms with Crippen LogP contribution in [0.15, 0.2) is 16.8 Å². The molecule has 1 aromatic rings. The first-order valence-electron chi connectivity index (χ1n) is 6.41. The molecule has 20 heavy (non-hydrogen) atoms. The van der Waals surface area contributed by atoms with E-state index in [4.69, 9.17) is 9.84 Å². The van der Waals surface area contributed by atoms with Gasteiger partial charge in [-0.15, -0.1) is 0 Å². The Hall–Kier alpha value is -1.60. The normalized spacial score (nSPS) is 18.9. The molecule has 0 saturated carbocycles. The average molecular weight is 298 g/mol. The number of morpholine rings is 1. The maximum Gasteiger partial charge on any atom is 0.320 e. The summed E-state index contributed by atoms with van der Waals surface area (Å²) in [7, 11) is 1.75. The standard InChI is InChI=1S/C13H18N2O4S/c1-14(7-10-2-5-20-9-10)13(18)15-3-4-19-11(8-15)6-12(16)17/h2,5,9,11H,3-4,6-8H2,1H3,(H,16,17). The number of rotatable bonds is 4. The molecule has 1 aromatic heterocycles. The molecule has 2 heterocycles. The summed E-state index contributed by atoms with van der Waals surface area (Å²) in [6, 6.07) is 1.90.